The van der Waals surface area contributed by atoms with Gasteiger partial charge in [-0.15, -0.1) is 0 Å². The van der Waals surface area contributed by atoms with E-state index in [1.54, 1.807) is 17.2 Å². The van der Waals surface area contributed by atoms with Crippen molar-refractivity contribution >= 4 is 21.6 Å². The fourth-order valence-electron chi connectivity index (χ4n) is 2.87. The summed E-state index contributed by atoms with van der Waals surface area (Å²) in [4.78, 5) is 15.9. The standard InChI is InChI=1S/C17H26N4O4S/c1-17(2,3)25-16(22)21-8-6-20(7-9-21)14-10-13(19-18-11-14)12-26(23,24)15-4-5-15/h10-11,15H,4-9,12H2,1-3H3. The molecule has 2 heterocycles. The van der Waals surface area contributed by atoms with Crippen molar-refractivity contribution in [2.75, 3.05) is 31.1 Å². The number of sulfone groups is 1. The summed E-state index contributed by atoms with van der Waals surface area (Å²) in [6, 6.07) is 1.79. The van der Waals surface area contributed by atoms with Crippen LogP contribution < -0.4 is 4.90 Å². The number of amides is 1. The number of ether oxygens (including phenoxy) is 1. The Labute approximate surface area is 154 Å². The van der Waals surface area contributed by atoms with Crippen molar-refractivity contribution in [1.82, 2.24) is 15.1 Å². The molecule has 1 aromatic rings. The van der Waals surface area contributed by atoms with E-state index in [0.29, 0.717) is 31.9 Å². The molecule has 0 unspecified atom stereocenters. The summed E-state index contributed by atoms with van der Waals surface area (Å²) >= 11 is 0. The van der Waals surface area contributed by atoms with Crippen LogP contribution in [0, 0.1) is 0 Å². The molecule has 26 heavy (non-hydrogen) atoms. The van der Waals surface area contributed by atoms with Crippen molar-refractivity contribution in [2.24, 2.45) is 0 Å². The largest absolute Gasteiger partial charge is 0.444 e. The maximum Gasteiger partial charge on any atom is 0.410 e. The topological polar surface area (TPSA) is 92.7 Å². The SMILES string of the molecule is CC(C)(C)OC(=O)N1CCN(c2cnnc(CS(=O)(=O)C3CC3)c2)CC1. The molecule has 3 rings (SSSR count). The summed E-state index contributed by atoms with van der Waals surface area (Å²) in [5.74, 6) is -0.0591. The Bertz CT molecular complexity index is 763. The first-order valence-corrected chi connectivity index (χ1v) is 10.6. The van der Waals surface area contributed by atoms with Gasteiger partial charge in [-0.2, -0.15) is 10.2 Å². The number of carbonyl (C=O) groups is 1. The van der Waals surface area contributed by atoms with Crippen LogP contribution in [0.5, 0.6) is 0 Å². The number of piperazine rings is 1. The van der Waals surface area contributed by atoms with Crippen LogP contribution in [0.1, 0.15) is 39.3 Å². The molecule has 9 heteroatoms. The summed E-state index contributed by atoms with van der Waals surface area (Å²) in [6.45, 7) is 7.92. The number of rotatable bonds is 4. The molecule has 0 radical (unpaired) electrons. The molecule has 2 fully saturated rings. The van der Waals surface area contributed by atoms with E-state index in [0.717, 1.165) is 18.5 Å². The Morgan fingerprint density at radius 2 is 1.88 bits per heavy atom. The van der Waals surface area contributed by atoms with Crippen LogP contribution >= 0.6 is 0 Å². The summed E-state index contributed by atoms with van der Waals surface area (Å²) < 4.78 is 29.7. The van der Waals surface area contributed by atoms with Gasteiger partial charge >= 0.3 is 6.09 Å². The minimum absolute atomic E-state index is 0.0591. The molecule has 1 amide bonds. The maximum atomic E-state index is 12.1. The number of nitrogens with zero attached hydrogens (tertiary/aromatic N) is 4. The van der Waals surface area contributed by atoms with Gasteiger partial charge in [0, 0.05) is 26.2 Å². The molecular weight excluding hydrogens is 356 g/mol. The molecule has 1 aromatic heterocycles. The van der Waals surface area contributed by atoms with Gasteiger partial charge in [0.25, 0.3) is 0 Å². The molecule has 0 bridgehead atoms. The second-order valence-electron chi connectivity index (χ2n) is 7.87. The van der Waals surface area contributed by atoms with Crippen LogP contribution in [0.25, 0.3) is 0 Å². The van der Waals surface area contributed by atoms with Crippen LogP contribution in [-0.4, -0.2) is 66.6 Å². The third-order valence-electron chi connectivity index (χ3n) is 4.37. The molecule has 1 saturated heterocycles. The Morgan fingerprint density at radius 1 is 1.23 bits per heavy atom. The molecule has 2 aliphatic rings. The Morgan fingerprint density at radius 3 is 2.46 bits per heavy atom. The summed E-state index contributed by atoms with van der Waals surface area (Å²) in [5, 5.41) is 7.73. The number of hydrogen-bond acceptors (Lipinski definition) is 7. The summed E-state index contributed by atoms with van der Waals surface area (Å²) in [6.07, 6.45) is 2.83. The van der Waals surface area contributed by atoms with Crippen LogP contribution in [0.2, 0.25) is 0 Å². The predicted molar refractivity (Wildman–Crippen MR) is 97.7 cm³/mol. The average Bonchev–Trinajstić information content (AvgIpc) is 3.39. The van der Waals surface area contributed by atoms with E-state index in [9.17, 15) is 13.2 Å². The van der Waals surface area contributed by atoms with Gasteiger partial charge in [0.05, 0.1) is 28.6 Å². The van der Waals surface area contributed by atoms with E-state index < -0.39 is 15.4 Å². The summed E-state index contributed by atoms with van der Waals surface area (Å²) in [7, 11) is -3.12. The molecule has 144 valence electrons. The van der Waals surface area contributed by atoms with Gasteiger partial charge in [0.15, 0.2) is 9.84 Å². The predicted octanol–water partition coefficient (Wildman–Crippen LogP) is 1.61. The molecule has 1 aliphatic heterocycles. The van der Waals surface area contributed by atoms with Gasteiger partial charge in [-0.25, -0.2) is 13.2 Å². The first kappa shape index (κ1) is 18.9. The lowest BCUT2D eigenvalue weighted by atomic mass is 10.2. The van der Waals surface area contributed by atoms with Gasteiger partial charge in [0.2, 0.25) is 0 Å². The second kappa shape index (κ2) is 7.02. The maximum absolute atomic E-state index is 12.1. The Hall–Kier alpha value is -1.90. The van der Waals surface area contributed by atoms with Crippen molar-refractivity contribution in [3.8, 4) is 0 Å². The lowest BCUT2D eigenvalue weighted by molar-refractivity contribution is 0.0240. The smallest absolute Gasteiger partial charge is 0.410 e. The number of aromatic nitrogens is 2. The highest BCUT2D eigenvalue weighted by Crippen LogP contribution is 2.31. The van der Waals surface area contributed by atoms with Gasteiger partial charge in [-0.1, -0.05) is 0 Å². The molecule has 1 saturated carbocycles. The van der Waals surface area contributed by atoms with E-state index in [2.05, 4.69) is 15.1 Å². The molecule has 8 nitrogen and oxygen atoms in total. The Kier molecular flexibility index (Phi) is 5.09. The fourth-order valence-corrected chi connectivity index (χ4v) is 4.51. The lowest BCUT2D eigenvalue weighted by Gasteiger charge is -2.36. The third kappa shape index (κ3) is 4.84. The third-order valence-corrected chi connectivity index (χ3v) is 6.55. The highest BCUT2D eigenvalue weighted by Gasteiger charge is 2.36. The first-order chi connectivity index (χ1) is 12.1. The molecule has 0 aromatic carbocycles. The van der Waals surface area contributed by atoms with Crippen molar-refractivity contribution in [1.29, 1.82) is 0 Å². The second-order valence-corrected chi connectivity index (χ2v) is 10.1. The zero-order valence-electron chi connectivity index (χ0n) is 15.5. The van der Waals surface area contributed by atoms with Crippen LogP contribution in [0.3, 0.4) is 0 Å². The quantitative estimate of drug-likeness (QED) is 0.781. The van der Waals surface area contributed by atoms with Gasteiger partial charge in [0.1, 0.15) is 5.60 Å². The highest BCUT2D eigenvalue weighted by molar-refractivity contribution is 7.91. The zero-order valence-corrected chi connectivity index (χ0v) is 16.3. The minimum Gasteiger partial charge on any atom is -0.444 e. The zero-order chi connectivity index (χ0) is 18.9. The van der Waals surface area contributed by atoms with Crippen molar-refractivity contribution < 1.29 is 17.9 Å². The monoisotopic (exact) mass is 382 g/mol. The van der Waals surface area contributed by atoms with E-state index in [-0.39, 0.29) is 17.1 Å². The minimum atomic E-state index is -3.12. The van der Waals surface area contributed by atoms with Gasteiger partial charge in [-0.3, -0.25) is 0 Å². The van der Waals surface area contributed by atoms with E-state index in [4.69, 9.17) is 4.74 Å². The first-order valence-electron chi connectivity index (χ1n) is 8.90. The van der Waals surface area contributed by atoms with Gasteiger partial charge < -0.3 is 14.5 Å². The van der Waals surface area contributed by atoms with Crippen LogP contribution in [-0.2, 0) is 20.3 Å². The Balaban J connectivity index is 1.59. The fraction of sp³-hybridized carbons (Fsp3) is 0.706. The molecule has 0 spiro atoms. The highest BCUT2D eigenvalue weighted by atomic mass is 32.2. The van der Waals surface area contributed by atoms with Gasteiger partial charge in [-0.05, 0) is 39.7 Å². The van der Waals surface area contributed by atoms with Crippen molar-refractivity contribution in [3.63, 3.8) is 0 Å². The van der Waals surface area contributed by atoms with Crippen molar-refractivity contribution in [3.05, 3.63) is 18.0 Å². The average molecular weight is 382 g/mol. The lowest BCUT2D eigenvalue weighted by Crippen LogP contribution is -2.50. The number of hydrogen-bond donors (Lipinski definition) is 0. The molecule has 0 atom stereocenters. The van der Waals surface area contributed by atoms with E-state index in [1.807, 2.05) is 20.8 Å². The molecule has 1 aliphatic carbocycles. The van der Waals surface area contributed by atoms with Crippen LogP contribution in [0.15, 0.2) is 12.3 Å². The number of carbonyl (C=O) groups excluding carboxylic acids is 1. The van der Waals surface area contributed by atoms with E-state index in [1.165, 1.54) is 0 Å². The number of anilines is 1. The molecular formula is C17H26N4O4S. The molecule has 0 N–H and O–H groups in total. The van der Waals surface area contributed by atoms with Crippen LogP contribution in [0.4, 0.5) is 10.5 Å². The normalized spacial score (nSPS) is 18.7. The van der Waals surface area contributed by atoms with E-state index >= 15 is 0 Å². The summed E-state index contributed by atoms with van der Waals surface area (Å²) in [5.41, 5.74) is 0.805. The van der Waals surface area contributed by atoms with Crippen molar-refractivity contribution in [2.45, 2.75) is 50.2 Å².